The largest absolute Gasteiger partial charge is 0.393 e. The molecule has 1 fully saturated rings. The van der Waals surface area contributed by atoms with Crippen LogP contribution in [-0.2, 0) is 10.2 Å². The van der Waals surface area contributed by atoms with Crippen LogP contribution >= 0.6 is 0 Å². The third-order valence-electron chi connectivity index (χ3n) is 4.62. The smallest absolute Gasteiger partial charge is 0.233 e. The topological polar surface area (TPSA) is 40.5 Å². The van der Waals surface area contributed by atoms with Crippen LogP contribution in [0, 0.1) is 5.92 Å². The molecular weight excluding hydrogens is 250 g/mol. The van der Waals surface area contributed by atoms with Gasteiger partial charge in [0.05, 0.1) is 11.5 Å². The van der Waals surface area contributed by atoms with Crippen molar-refractivity contribution in [2.24, 2.45) is 5.92 Å². The molecule has 1 aromatic rings. The number of carbonyl (C=O) groups excluding carboxylic acids is 1. The molecule has 3 heteroatoms. The number of rotatable bonds is 6. The number of amides is 1. The quantitative estimate of drug-likeness (QED) is 0.867. The molecule has 0 bridgehead atoms. The Balaban J connectivity index is 2.35. The molecule has 20 heavy (non-hydrogen) atoms. The summed E-state index contributed by atoms with van der Waals surface area (Å²) in [4.78, 5) is 14.8. The fourth-order valence-electron chi connectivity index (χ4n) is 3.27. The Morgan fingerprint density at radius 1 is 1.30 bits per heavy atom. The molecule has 1 saturated carbocycles. The van der Waals surface area contributed by atoms with Crippen molar-refractivity contribution in [1.29, 1.82) is 0 Å². The molecule has 0 unspecified atom stereocenters. The first-order valence-corrected chi connectivity index (χ1v) is 7.64. The Hall–Kier alpha value is -1.35. The Kier molecular flexibility index (Phi) is 4.48. The molecule has 3 nitrogen and oxygen atoms in total. The summed E-state index contributed by atoms with van der Waals surface area (Å²) in [7, 11) is 0. The maximum absolute atomic E-state index is 12.9. The average Bonchev–Trinajstić information content (AvgIpc) is 3.25. The van der Waals surface area contributed by atoms with E-state index in [0.29, 0.717) is 6.42 Å². The van der Waals surface area contributed by atoms with Gasteiger partial charge in [0.2, 0.25) is 5.91 Å². The maximum atomic E-state index is 12.9. The van der Waals surface area contributed by atoms with Gasteiger partial charge in [-0.2, -0.15) is 0 Å². The van der Waals surface area contributed by atoms with E-state index < -0.39 is 11.5 Å². The Morgan fingerprint density at radius 2 is 1.90 bits per heavy atom. The molecular formula is C17H25NO2. The zero-order valence-electron chi connectivity index (χ0n) is 12.7. The van der Waals surface area contributed by atoms with Crippen molar-refractivity contribution in [3.8, 4) is 0 Å². The number of aliphatic hydroxyl groups is 1. The van der Waals surface area contributed by atoms with Gasteiger partial charge in [0.15, 0.2) is 0 Å². The fourth-order valence-corrected chi connectivity index (χ4v) is 3.27. The number of carbonyl (C=O) groups is 1. The predicted molar refractivity (Wildman–Crippen MR) is 80.5 cm³/mol. The van der Waals surface area contributed by atoms with Crippen LogP contribution in [0.2, 0.25) is 0 Å². The van der Waals surface area contributed by atoms with E-state index in [9.17, 15) is 9.90 Å². The van der Waals surface area contributed by atoms with Gasteiger partial charge >= 0.3 is 0 Å². The van der Waals surface area contributed by atoms with Gasteiger partial charge in [0, 0.05) is 19.0 Å². The van der Waals surface area contributed by atoms with Gasteiger partial charge in [-0.3, -0.25) is 4.79 Å². The minimum atomic E-state index is -0.497. The SMILES string of the molecule is CC[C@@H](O)[C@H]1C[C@]1(C(=O)N(CC)CC)c1ccccc1. The minimum absolute atomic E-state index is 0.0583. The predicted octanol–water partition coefficient (Wildman–Crippen LogP) is 2.58. The second-order valence-corrected chi connectivity index (χ2v) is 5.60. The summed E-state index contributed by atoms with van der Waals surface area (Å²) in [5.41, 5.74) is 0.553. The first-order chi connectivity index (χ1) is 9.61. The van der Waals surface area contributed by atoms with Crippen LogP contribution in [0.5, 0.6) is 0 Å². The molecule has 0 radical (unpaired) electrons. The summed E-state index contributed by atoms with van der Waals surface area (Å²) in [6.45, 7) is 7.43. The number of nitrogens with zero attached hydrogens (tertiary/aromatic N) is 1. The van der Waals surface area contributed by atoms with Crippen molar-refractivity contribution in [3.05, 3.63) is 35.9 Å². The van der Waals surface area contributed by atoms with Crippen molar-refractivity contribution >= 4 is 5.91 Å². The van der Waals surface area contributed by atoms with E-state index >= 15 is 0 Å². The van der Waals surface area contributed by atoms with Crippen molar-refractivity contribution in [1.82, 2.24) is 4.90 Å². The molecule has 1 aliphatic rings. The number of hydrogen-bond donors (Lipinski definition) is 1. The van der Waals surface area contributed by atoms with E-state index in [2.05, 4.69) is 0 Å². The van der Waals surface area contributed by atoms with Crippen molar-refractivity contribution in [2.75, 3.05) is 13.1 Å². The van der Waals surface area contributed by atoms with E-state index in [1.54, 1.807) is 0 Å². The van der Waals surface area contributed by atoms with Crippen molar-refractivity contribution < 1.29 is 9.90 Å². The molecule has 0 aromatic heterocycles. The Morgan fingerprint density at radius 3 is 2.40 bits per heavy atom. The average molecular weight is 275 g/mol. The molecule has 2 rings (SSSR count). The van der Waals surface area contributed by atoms with E-state index in [1.165, 1.54) is 0 Å². The Labute approximate surface area is 121 Å². The lowest BCUT2D eigenvalue weighted by Crippen LogP contribution is -2.41. The van der Waals surface area contributed by atoms with Gasteiger partial charge in [-0.1, -0.05) is 37.3 Å². The van der Waals surface area contributed by atoms with E-state index in [0.717, 1.165) is 25.1 Å². The molecule has 0 saturated heterocycles. The lowest BCUT2D eigenvalue weighted by molar-refractivity contribution is -0.134. The monoisotopic (exact) mass is 275 g/mol. The normalized spacial score (nSPS) is 26.1. The highest BCUT2D eigenvalue weighted by atomic mass is 16.3. The van der Waals surface area contributed by atoms with Gasteiger partial charge in [-0.05, 0) is 32.3 Å². The maximum Gasteiger partial charge on any atom is 0.233 e. The molecule has 0 heterocycles. The van der Waals surface area contributed by atoms with Crippen LogP contribution in [0.1, 0.15) is 39.2 Å². The van der Waals surface area contributed by atoms with Crippen LogP contribution in [0.4, 0.5) is 0 Å². The standard InChI is InChI=1S/C17H25NO2/c1-4-15(19)14-12-17(14,13-10-8-7-9-11-13)16(20)18(5-2)6-3/h7-11,14-15,19H,4-6,12H2,1-3H3/t14-,15-,17+/m1/s1. The van der Waals surface area contributed by atoms with Crippen LogP contribution in [0.15, 0.2) is 30.3 Å². The number of benzene rings is 1. The minimum Gasteiger partial charge on any atom is -0.393 e. The fraction of sp³-hybridized carbons (Fsp3) is 0.588. The third kappa shape index (κ3) is 2.35. The van der Waals surface area contributed by atoms with Crippen LogP contribution in [0.25, 0.3) is 0 Å². The molecule has 3 atom stereocenters. The lowest BCUT2D eigenvalue weighted by atomic mass is 9.89. The zero-order chi connectivity index (χ0) is 14.8. The summed E-state index contributed by atoms with van der Waals surface area (Å²) in [5.74, 6) is 0.231. The molecule has 1 aromatic carbocycles. The van der Waals surface area contributed by atoms with Gasteiger partial charge in [-0.15, -0.1) is 0 Å². The molecule has 1 amide bonds. The van der Waals surface area contributed by atoms with Crippen LogP contribution in [0.3, 0.4) is 0 Å². The third-order valence-corrected chi connectivity index (χ3v) is 4.62. The van der Waals surface area contributed by atoms with E-state index in [4.69, 9.17) is 0 Å². The summed E-state index contributed by atoms with van der Waals surface area (Å²) in [5, 5.41) is 10.2. The van der Waals surface area contributed by atoms with Gasteiger partial charge in [0.25, 0.3) is 0 Å². The van der Waals surface area contributed by atoms with Crippen molar-refractivity contribution in [3.63, 3.8) is 0 Å². The second kappa shape index (κ2) is 5.96. The van der Waals surface area contributed by atoms with Gasteiger partial charge < -0.3 is 10.0 Å². The van der Waals surface area contributed by atoms with Crippen LogP contribution in [-0.4, -0.2) is 35.1 Å². The first kappa shape index (κ1) is 15.0. The van der Waals surface area contributed by atoms with E-state index in [1.807, 2.05) is 56.0 Å². The van der Waals surface area contributed by atoms with Crippen molar-refractivity contribution in [2.45, 2.75) is 45.1 Å². The lowest BCUT2D eigenvalue weighted by Gasteiger charge is -2.27. The van der Waals surface area contributed by atoms with Crippen LogP contribution < -0.4 is 0 Å². The number of hydrogen-bond acceptors (Lipinski definition) is 2. The highest BCUT2D eigenvalue weighted by Gasteiger charge is 2.63. The highest BCUT2D eigenvalue weighted by Crippen LogP contribution is 2.57. The highest BCUT2D eigenvalue weighted by molar-refractivity contribution is 5.92. The molecule has 0 aliphatic heterocycles. The summed E-state index contributed by atoms with van der Waals surface area (Å²) >= 11 is 0. The second-order valence-electron chi connectivity index (χ2n) is 5.60. The Bertz CT molecular complexity index is 455. The summed E-state index contributed by atoms with van der Waals surface area (Å²) < 4.78 is 0. The molecule has 1 N–H and O–H groups in total. The first-order valence-electron chi connectivity index (χ1n) is 7.64. The molecule has 110 valence electrons. The molecule has 1 aliphatic carbocycles. The number of likely N-dealkylation sites (N-methyl/N-ethyl adjacent to an activating group) is 1. The molecule has 0 spiro atoms. The number of aliphatic hydroxyl groups excluding tert-OH is 1. The van der Waals surface area contributed by atoms with E-state index in [-0.39, 0.29) is 11.8 Å². The summed E-state index contributed by atoms with van der Waals surface area (Å²) in [6.07, 6.45) is 1.07. The van der Waals surface area contributed by atoms with Gasteiger partial charge in [-0.25, -0.2) is 0 Å². The van der Waals surface area contributed by atoms with Gasteiger partial charge in [0.1, 0.15) is 0 Å². The zero-order valence-corrected chi connectivity index (χ0v) is 12.7. The summed E-state index contributed by atoms with van der Waals surface area (Å²) in [6, 6.07) is 9.95.